The first-order chi connectivity index (χ1) is 10.4. The lowest BCUT2D eigenvalue weighted by molar-refractivity contribution is -0.0379. The average molecular weight is 338 g/mol. The van der Waals surface area contributed by atoms with E-state index in [0.29, 0.717) is 12.6 Å². The number of rotatable bonds is 4. The highest BCUT2D eigenvalue weighted by Crippen LogP contribution is 2.41. The van der Waals surface area contributed by atoms with E-state index in [1.807, 2.05) is 6.26 Å². The van der Waals surface area contributed by atoms with Crippen molar-refractivity contribution in [2.24, 2.45) is 0 Å². The fraction of sp³-hybridized carbons (Fsp3) is 0.625. The maximum absolute atomic E-state index is 5.96. The summed E-state index contributed by atoms with van der Waals surface area (Å²) >= 11 is 3.34. The number of hydrogen-bond acceptors (Lipinski definition) is 6. The molecule has 1 N–H and O–H groups in total. The van der Waals surface area contributed by atoms with Crippen LogP contribution in [0.3, 0.4) is 0 Å². The summed E-state index contributed by atoms with van der Waals surface area (Å²) in [7, 11) is 0. The highest BCUT2D eigenvalue weighted by molar-refractivity contribution is 7.98. The summed E-state index contributed by atoms with van der Waals surface area (Å²) in [6.45, 7) is 9.36. The molecule has 22 heavy (non-hydrogen) atoms. The molecule has 6 heteroatoms. The van der Waals surface area contributed by atoms with Crippen LogP contribution in [0.25, 0.3) is 10.2 Å². The van der Waals surface area contributed by atoms with Crippen LogP contribution in [0, 0.1) is 0 Å². The third-order valence-corrected chi connectivity index (χ3v) is 5.74. The van der Waals surface area contributed by atoms with Crippen molar-refractivity contribution >= 4 is 39.1 Å². The first-order valence-electron chi connectivity index (χ1n) is 7.70. The molecular formula is C16H23N3OS2. The smallest absolute Gasteiger partial charge is 0.190 e. The van der Waals surface area contributed by atoms with E-state index >= 15 is 0 Å². The lowest BCUT2D eigenvalue weighted by Crippen LogP contribution is -2.31. The average Bonchev–Trinajstić information content (AvgIpc) is 2.83. The Morgan fingerprint density at radius 2 is 2.18 bits per heavy atom. The molecule has 0 spiro atoms. The van der Waals surface area contributed by atoms with Gasteiger partial charge in [0.25, 0.3) is 0 Å². The Bertz CT molecular complexity index is 696. The molecule has 0 fully saturated rings. The van der Waals surface area contributed by atoms with Gasteiger partial charge in [-0.25, -0.2) is 9.97 Å². The lowest BCUT2D eigenvalue weighted by atomic mass is 9.94. The van der Waals surface area contributed by atoms with Crippen molar-refractivity contribution in [1.29, 1.82) is 0 Å². The Labute approximate surface area is 140 Å². The molecule has 0 aromatic carbocycles. The van der Waals surface area contributed by atoms with Crippen molar-refractivity contribution in [3.05, 3.63) is 10.4 Å². The highest BCUT2D eigenvalue weighted by Gasteiger charge is 2.31. The van der Waals surface area contributed by atoms with Crippen molar-refractivity contribution < 1.29 is 4.74 Å². The molecule has 1 atom stereocenters. The van der Waals surface area contributed by atoms with Crippen LogP contribution >= 0.6 is 23.1 Å². The number of thioether (sulfide) groups is 1. The Morgan fingerprint density at radius 1 is 1.41 bits per heavy atom. The number of fused-ring (bicyclic) bond motifs is 3. The summed E-state index contributed by atoms with van der Waals surface area (Å²) in [4.78, 5) is 11.8. The van der Waals surface area contributed by atoms with Crippen molar-refractivity contribution in [2.75, 3.05) is 11.6 Å². The Hall–Kier alpha value is -0.850. The van der Waals surface area contributed by atoms with E-state index in [0.717, 1.165) is 28.6 Å². The van der Waals surface area contributed by atoms with Gasteiger partial charge >= 0.3 is 0 Å². The van der Waals surface area contributed by atoms with E-state index in [1.54, 1.807) is 23.1 Å². The predicted octanol–water partition coefficient (Wildman–Crippen LogP) is 4.47. The SMILES string of the molecule is CC[C@@H](C)Nc1nc(SC)nc2sc3c(c12)CC(C)(C)OC3. The van der Waals surface area contributed by atoms with E-state index in [4.69, 9.17) is 14.7 Å². The number of nitrogens with zero attached hydrogens (tertiary/aromatic N) is 2. The first-order valence-corrected chi connectivity index (χ1v) is 9.74. The molecule has 3 heterocycles. The van der Waals surface area contributed by atoms with Crippen molar-refractivity contribution in [2.45, 2.75) is 63.9 Å². The third-order valence-electron chi connectivity index (χ3n) is 4.09. The number of ether oxygens (including phenoxy) is 1. The summed E-state index contributed by atoms with van der Waals surface area (Å²) in [6, 6.07) is 0.399. The van der Waals surface area contributed by atoms with Gasteiger partial charge in [0.2, 0.25) is 0 Å². The molecule has 0 aliphatic carbocycles. The number of nitrogens with one attached hydrogen (secondary N) is 1. The molecule has 0 saturated heterocycles. The number of aromatic nitrogens is 2. The minimum absolute atomic E-state index is 0.118. The Kier molecular flexibility index (Phi) is 4.36. The van der Waals surface area contributed by atoms with Gasteiger partial charge < -0.3 is 10.1 Å². The number of hydrogen-bond donors (Lipinski definition) is 1. The molecular weight excluding hydrogens is 314 g/mol. The predicted molar refractivity (Wildman–Crippen MR) is 95.1 cm³/mol. The van der Waals surface area contributed by atoms with Crippen LogP contribution in [0.5, 0.6) is 0 Å². The summed E-state index contributed by atoms with van der Waals surface area (Å²) < 4.78 is 5.96. The summed E-state index contributed by atoms with van der Waals surface area (Å²) in [5.41, 5.74) is 1.25. The monoisotopic (exact) mass is 337 g/mol. The van der Waals surface area contributed by atoms with Gasteiger partial charge in [-0.05, 0) is 39.0 Å². The van der Waals surface area contributed by atoms with Gasteiger partial charge in [-0.2, -0.15) is 0 Å². The summed E-state index contributed by atoms with van der Waals surface area (Å²) in [5, 5.41) is 5.61. The largest absolute Gasteiger partial charge is 0.370 e. The van der Waals surface area contributed by atoms with Crippen LogP contribution in [-0.2, 0) is 17.8 Å². The van der Waals surface area contributed by atoms with Crippen LogP contribution < -0.4 is 5.32 Å². The van der Waals surface area contributed by atoms with Gasteiger partial charge in [0.15, 0.2) is 5.16 Å². The zero-order valence-electron chi connectivity index (χ0n) is 13.8. The fourth-order valence-electron chi connectivity index (χ4n) is 2.66. The standard InChI is InChI=1S/C16H23N3OS2/c1-6-9(2)17-13-12-10-7-16(3,4)20-8-11(10)22-14(12)19-15(18-13)21-5/h9H,6-8H2,1-5H3,(H,17,18,19)/t9-/m1/s1. The fourth-order valence-corrected chi connectivity index (χ4v) is 4.18. The van der Waals surface area contributed by atoms with Gasteiger partial charge in [-0.1, -0.05) is 18.7 Å². The molecule has 120 valence electrons. The second-order valence-corrected chi connectivity index (χ2v) is 8.28. The van der Waals surface area contributed by atoms with Gasteiger partial charge in [-0.3, -0.25) is 0 Å². The first kappa shape index (κ1) is 16.0. The molecule has 2 aromatic heterocycles. The summed E-state index contributed by atoms with van der Waals surface area (Å²) in [6.07, 6.45) is 4.01. The quantitative estimate of drug-likeness (QED) is 0.658. The second kappa shape index (κ2) is 5.98. The second-order valence-electron chi connectivity index (χ2n) is 6.42. The van der Waals surface area contributed by atoms with Crippen LogP contribution in [0.1, 0.15) is 44.6 Å². The molecule has 0 saturated carbocycles. The molecule has 4 nitrogen and oxygen atoms in total. The van der Waals surface area contributed by atoms with E-state index in [-0.39, 0.29) is 5.60 Å². The molecule has 1 aliphatic heterocycles. The zero-order valence-corrected chi connectivity index (χ0v) is 15.5. The van der Waals surface area contributed by atoms with Gasteiger partial charge in [0, 0.05) is 17.3 Å². The molecule has 0 amide bonds. The van der Waals surface area contributed by atoms with Crippen LogP contribution in [0.15, 0.2) is 5.16 Å². The molecule has 1 aliphatic rings. The minimum atomic E-state index is -0.118. The highest BCUT2D eigenvalue weighted by atomic mass is 32.2. The van der Waals surface area contributed by atoms with Crippen LogP contribution in [0.4, 0.5) is 5.82 Å². The van der Waals surface area contributed by atoms with Crippen molar-refractivity contribution in [3.63, 3.8) is 0 Å². The number of thiophene rings is 1. The molecule has 0 radical (unpaired) electrons. The van der Waals surface area contributed by atoms with Gasteiger partial charge in [0.05, 0.1) is 17.6 Å². The minimum Gasteiger partial charge on any atom is -0.370 e. The topological polar surface area (TPSA) is 47.0 Å². The lowest BCUT2D eigenvalue weighted by Gasteiger charge is -2.30. The van der Waals surface area contributed by atoms with E-state index in [2.05, 4.69) is 33.0 Å². The van der Waals surface area contributed by atoms with E-state index < -0.39 is 0 Å². The van der Waals surface area contributed by atoms with Crippen molar-refractivity contribution in [3.8, 4) is 0 Å². The maximum Gasteiger partial charge on any atom is 0.190 e. The van der Waals surface area contributed by atoms with Gasteiger partial charge in [0.1, 0.15) is 10.6 Å². The zero-order chi connectivity index (χ0) is 15.9. The molecule has 3 rings (SSSR count). The molecule has 2 aromatic rings. The Balaban J connectivity index is 2.16. The van der Waals surface area contributed by atoms with E-state index in [9.17, 15) is 0 Å². The van der Waals surface area contributed by atoms with Crippen LogP contribution in [0.2, 0.25) is 0 Å². The number of anilines is 1. The third kappa shape index (κ3) is 2.96. The van der Waals surface area contributed by atoms with Gasteiger partial charge in [-0.15, -0.1) is 11.3 Å². The van der Waals surface area contributed by atoms with Crippen LogP contribution in [-0.4, -0.2) is 27.9 Å². The molecule has 0 bridgehead atoms. The maximum atomic E-state index is 5.96. The molecule has 0 unspecified atom stereocenters. The normalized spacial score (nSPS) is 18.2. The summed E-state index contributed by atoms with van der Waals surface area (Å²) in [5.74, 6) is 0.985. The Morgan fingerprint density at radius 3 is 2.86 bits per heavy atom. The van der Waals surface area contributed by atoms with Crippen molar-refractivity contribution in [1.82, 2.24) is 9.97 Å². The van der Waals surface area contributed by atoms with E-state index in [1.165, 1.54) is 15.8 Å².